The van der Waals surface area contributed by atoms with Crippen molar-refractivity contribution in [1.29, 1.82) is 0 Å². The van der Waals surface area contributed by atoms with E-state index in [-0.39, 0.29) is 97.1 Å². The molecule has 95 heavy (non-hydrogen) atoms. The zero-order chi connectivity index (χ0) is 66.5. The smallest absolute Gasteiger partial charge is 0.387 e. The van der Waals surface area contributed by atoms with Crippen LogP contribution in [0.3, 0.4) is 0 Å². The van der Waals surface area contributed by atoms with Gasteiger partial charge in [0.15, 0.2) is 53.2 Å². The standard InChI is InChI=1S/C20H22F4N6O2.C20H21F3N6O2.C19H19F5N6O2/c1-20(24)2-3-29(9-20)19-27-11(10-4-13(32-18(22)23)17(25)26-6-10)5-15(28-19)30-7-14-16(21)12(30)8-31-14;21-17-13-8-30-15(17)7-29(13)16-4-12(10-3-14(31-19(22)23)18(24)25-5-10)26-20(27-16)28-6-9-1-11(28)2-9;20-15-11-7-31-13(15)6-30(11)14-4-10(9-3-12(32-17(21)22)16(25)26-5-9)27-18(28-14)29-2-1-19(23,24)8-29/h4-6,12,14,16,18H,2-3,7-9H2,1H3,(H2,25,26);3-5,9,11,13,15,17,19H,1-2,6-8H2,(H2,24,25);3-5,11,13,15,17H,1-2,6-8H2,(H2,25,26)/t12?,14?,16?,20-;;/m0../s1. The molecule has 6 N–H and O–H groups in total. The maximum Gasteiger partial charge on any atom is 0.387 e. The van der Waals surface area contributed by atoms with Crippen molar-refractivity contribution in [1.82, 2.24) is 44.9 Å². The molecule has 6 aromatic heterocycles. The highest BCUT2D eigenvalue weighted by Crippen LogP contribution is 2.46. The highest BCUT2D eigenvalue weighted by atomic mass is 19.3. The van der Waals surface area contributed by atoms with E-state index in [4.69, 9.17) is 41.4 Å². The van der Waals surface area contributed by atoms with Crippen molar-refractivity contribution >= 4 is 52.8 Å². The van der Waals surface area contributed by atoms with Crippen LogP contribution in [0.2, 0.25) is 0 Å². The molecule has 17 rings (SSSR count). The van der Waals surface area contributed by atoms with Gasteiger partial charge in [-0.3, -0.25) is 0 Å². The third kappa shape index (κ3) is 12.8. The van der Waals surface area contributed by atoms with E-state index in [9.17, 15) is 52.7 Å². The van der Waals surface area contributed by atoms with Gasteiger partial charge in [-0.1, -0.05) is 0 Å². The Morgan fingerprint density at radius 1 is 0.484 bits per heavy atom. The second-order valence-corrected chi connectivity index (χ2v) is 25.1. The molecule has 1 saturated carbocycles. The molecule has 0 amide bonds. The molecule has 10 atom stereocenters. The Hall–Kier alpha value is -8.67. The van der Waals surface area contributed by atoms with Crippen LogP contribution >= 0.6 is 0 Å². The summed E-state index contributed by atoms with van der Waals surface area (Å²) >= 11 is 0. The molecule has 6 aromatic rings. The maximum atomic E-state index is 14.5. The van der Waals surface area contributed by atoms with Gasteiger partial charge in [-0.25, -0.2) is 56.2 Å². The summed E-state index contributed by atoms with van der Waals surface area (Å²) in [4.78, 5) is 49.8. The number of nitrogens with two attached hydrogens (primary N) is 3. The SMILES string of the molecule is C[C@]1(F)CCN(c2nc(-c3cnc(N)c(OC(F)F)c3)cc(N3CC4OCC3C4F)n2)C1.Nc1ncc(-c2cc(N3CC4OCC3C4F)nc(N3CC4CC3C4)n2)cc1OC(F)F.Nc1ncc(-c2cc(N3CC4OCC3C4F)nc(N3CCC(F)(F)C3)n2)cc1OC(F)F. The number of alkyl halides is 12. The zero-order valence-electron chi connectivity index (χ0n) is 50.3. The van der Waals surface area contributed by atoms with Gasteiger partial charge in [0, 0.05) is 112 Å². The van der Waals surface area contributed by atoms with E-state index in [0.29, 0.717) is 90.5 Å². The molecule has 0 spiro atoms. The molecule has 16 heterocycles. The second-order valence-electron chi connectivity index (χ2n) is 25.1. The van der Waals surface area contributed by atoms with E-state index < -0.39 is 92.9 Å². The van der Waals surface area contributed by atoms with Crippen molar-refractivity contribution in [2.24, 2.45) is 5.92 Å². The van der Waals surface area contributed by atoms with Crippen LogP contribution in [0.5, 0.6) is 17.2 Å². The van der Waals surface area contributed by atoms with Gasteiger partial charge in [-0.15, -0.1) is 0 Å². The summed E-state index contributed by atoms with van der Waals surface area (Å²) in [5.74, 6) is -1.41. The van der Waals surface area contributed by atoms with E-state index in [2.05, 4.69) is 54.0 Å². The molecule has 0 radical (unpaired) electrons. The fourth-order valence-electron chi connectivity index (χ4n) is 13.7. The molecule has 11 aliphatic rings. The Morgan fingerprint density at radius 3 is 1.16 bits per heavy atom. The molecule has 10 saturated heterocycles. The summed E-state index contributed by atoms with van der Waals surface area (Å²) in [5.41, 5.74) is 17.7. The quantitative estimate of drug-likeness (QED) is 0.0849. The first-order valence-corrected chi connectivity index (χ1v) is 30.6. The maximum absolute atomic E-state index is 14.5. The van der Waals surface area contributed by atoms with Crippen LogP contribution in [0.4, 0.5) is 105 Å². The van der Waals surface area contributed by atoms with E-state index >= 15 is 0 Å². The number of hydrogen-bond donors (Lipinski definition) is 3. The zero-order valence-corrected chi connectivity index (χ0v) is 50.3. The van der Waals surface area contributed by atoms with Crippen LogP contribution in [0.1, 0.15) is 32.6 Å². The molecule has 11 fully saturated rings. The molecule has 0 aromatic carbocycles. The number of morpholine rings is 3. The first-order valence-electron chi connectivity index (χ1n) is 30.6. The summed E-state index contributed by atoms with van der Waals surface area (Å²) in [7, 11) is 0. The first-order chi connectivity index (χ1) is 45.4. The number of nitrogen functional groups attached to an aromatic ring is 3. The minimum absolute atomic E-state index is 0.0296. The normalized spacial score (nSPS) is 28.9. The molecule has 36 heteroatoms. The van der Waals surface area contributed by atoms with Crippen LogP contribution in [0.25, 0.3) is 33.8 Å². The first kappa shape index (κ1) is 63.7. The Balaban J connectivity index is 0.000000123. The molecular formula is C59H62F12N18O6. The van der Waals surface area contributed by atoms with Crippen molar-refractivity contribution in [3.63, 3.8) is 0 Å². The summed E-state index contributed by atoms with van der Waals surface area (Å²) in [6.45, 7) is -5.10. The van der Waals surface area contributed by atoms with Gasteiger partial charge in [0.05, 0.1) is 68.1 Å². The third-order valence-corrected chi connectivity index (χ3v) is 18.6. The summed E-state index contributed by atoms with van der Waals surface area (Å²) in [6, 6.07) is 7.80. The van der Waals surface area contributed by atoms with Crippen LogP contribution in [0.15, 0.2) is 55.0 Å². The molecule has 9 unspecified atom stereocenters. The lowest BCUT2D eigenvalue weighted by molar-refractivity contribution is -0.0501. The predicted molar refractivity (Wildman–Crippen MR) is 318 cm³/mol. The second kappa shape index (κ2) is 24.8. The van der Waals surface area contributed by atoms with Crippen LogP contribution in [-0.2, 0) is 14.2 Å². The van der Waals surface area contributed by atoms with Gasteiger partial charge in [0.25, 0.3) is 5.92 Å². The summed E-state index contributed by atoms with van der Waals surface area (Å²) in [5, 5.41) is 0. The van der Waals surface area contributed by atoms with Crippen molar-refractivity contribution in [2.75, 3.05) is 119 Å². The highest BCUT2D eigenvalue weighted by molar-refractivity contribution is 5.72. The van der Waals surface area contributed by atoms with Gasteiger partial charge in [-0.05, 0) is 43.9 Å². The molecule has 24 nitrogen and oxygen atoms in total. The van der Waals surface area contributed by atoms with Crippen LogP contribution in [0, 0.1) is 5.92 Å². The monoisotopic (exact) mass is 1350 g/mol. The minimum atomic E-state index is -3.11. The number of ether oxygens (including phenoxy) is 6. The highest BCUT2D eigenvalue weighted by Gasteiger charge is 2.53. The molecule has 8 bridgehead atoms. The average Bonchev–Trinajstić information content (AvgIpc) is 1.64. The van der Waals surface area contributed by atoms with E-state index in [1.54, 1.807) is 26.8 Å². The number of anilines is 9. The fraction of sp³-hybridized carbons (Fsp3) is 0.542. The largest absolute Gasteiger partial charge is 0.431 e. The lowest BCUT2D eigenvalue weighted by atomic mass is 9.86. The molecule has 508 valence electrons. The van der Waals surface area contributed by atoms with Gasteiger partial charge < -0.3 is 75.0 Å². The number of fused-ring (bicyclic) bond motifs is 7. The lowest BCUT2D eigenvalue weighted by Crippen LogP contribution is -2.39. The van der Waals surface area contributed by atoms with Gasteiger partial charge >= 0.3 is 19.8 Å². The lowest BCUT2D eigenvalue weighted by Gasteiger charge is -2.30. The number of aromatic nitrogens is 9. The van der Waals surface area contributed by atoms with E-state index in [1.807, 2.05) is 4.90 Å². The number of halogens is 12. The third-order valence-electron chi connectivity index (χ3n) is 18.6. The average molecular weight is 1350 g/mol. The number of rotatable bonds is 15. The Kier molecular flexibility index (Phi) is 16.7. The Labute approximate surface area is 533 Å². The topological polar surface area (TPSA) is 269 Å². The van der Waals surface area contributed by atoms with Crippen LogP contribution in [-0.4, -0.2) is 209 Å². The number of pyridine rings is 3. The Morgan fingerprint density at radius 2 is 0.853 bits per heavy atom. The van der Waals surface area contributed by atoms with E-state index in [0.717, 1.165) is 19.4 Å². The van der Waals surface area contributed by atoms with Gasteiger partial charge in [0.2, 0.25) is 17.8 Å². The summed E-state index contributed by atoms with van der Waals surface area (Å²) < 4.78 is 191. The fourth-order valence-corrected chi connectivity index (χ4v) is 13.7. The van der Waals surface area contributed by atoms with E-state index in [1.165, 1.54) is 54.7 Å². The van der Waals surface area contributed by atoms with Crippen molar-refractivity contribution < 1.29 is 81.1 Å². The van der Waals surface area contributed by atoms with Crippen molar-refractivity contribution in [3.05, 3.63) is 55.0 Å². The summed E-state index contributed by atoms with van der Waals surface area (Å²) in [6.07, 6.45) is 1.37. The van der Waals surface area contributed by atoms with Gasteiger partial charge in [-0.2, -0.15) is 41.3 Å². The van der Waals surface area contributed by atoms with Crippen molar-refractivity contribution in [3.8, 4) is 51.0 Å². The molecule has 10 aliphatic heterocycles. The molecular weight excluding hydrogens is 1280 g/mol. The Bertz CT molecular complexity index is 3680. The predicted octanol–water partition coefficient (Wildman–Crippen LogP) is 7.33. The molecule has 1 aliphatic carbocycles. The minimum Gasteiger partial charge on any atom is -0.431 e. The number of hydrogen-bond acceptors (Lipinski definition) is 24. The number of nitrogens with zero attached hydrogens (tertiary/aromatic N) is 15. The van der Waals surface area contributed by atoms with Crippen LogP contribution < -0.4 is 60.8 Å². The van der Waals surface area contributed by atoms with Crippen molar-refractivity contribution in [2.45, 2.75) is 125 Å². The van der Waals surface area contributed by atoms with Gasteiger partial charge in [0.1, 0.15) is 41.4 Å².